The van der Waals surface area contributed by atoms with E-state index in [1.54, 1.807) is 0 Å². The van der Waals surface area contributed by atoms with Crippen LogP contribution in [0.4, 0.5) is 0 Å². The smallest absolute Gasteiger partial charge is 0.822 e. The molecule has 0 rings (SSSR count). The summed E-state index contributed by atoms with van der Waals surface area (Å²) in [7, 11) is -10.8. The first-order valence-electron chi connectivity index (χ1n) is 1.46. The van der Waals surface area contributed by atoms with Crippen molar-refractivity contribution in [3.63, 3.8) is 0 Å². The molecule has 0 atom stereocenters. The molecule has 0 aliphatic rings. The summed E-state index contributed by atoms with van der Waals surface area (Å²) in [5, 5.41) is 0. The second-order valence-corrected chi connectivity index (χ2v) is 2.68. The van der Waals surface area contributed by atoms with Crippen molar-refractivity contribution in [2.24, 2.45) is 0 Å². The van der Waals surface area contributed by atoms with Gasteiger partial charge in [0.05, 0.1) is 0 Å². The summed E-state index contributed by atoms with van der Waals surface area (Å²) >= 11 is 0. The van der Waals surface area contributed by atoms with Gasteiger partial charge in [-0.25, -0.2) is 0 Å². The van der Waals surface area contributed by atoms with Gasteiger partial charge in [-0.1, -0.05) is 0 Å². The number of hydrogen-bond donors (Lipinski definition) is 0. The molecule has 0 aromatic rings. The SMILES string of the molecule is O=P([O-])([O-])[O-].O=P([O-])([O-])[O-].[H+].[Na+].[Zr+2]. The van der Waals surface area contributed by atoms with Crippen molar-refractivity contribution >= 4 is 15.6 Å². The Hall–Kier alpha value is 2.10. The van der Waals surface area contributed by atoms with E-state index in [1.165, 1.54) is 0 Å². The van der Waals surface area contributed by atoms with E-state index in [0.29, 0.717) is 0 Å². The van der Waals surface area contributed by atoms with Crippen LogP contribution in [0.2, 0.25) is 0 Å². The molecule has 0 aromatic carbocycles. The van der Waals surface area contributed by atoms with Crippen LogP contribution in [0.1, 0.15) is 1.43 Å². The van der Waals surface area contributed by atoms with Crippen LogP contribution in [0.15, 0.2) is 0 Å². The van der Waals surface area contributed by atoms with Crippen molar-refractivity contribution in [3.8, 4) is 0 Å². The Kier molecular flexibility index (Phi) is 19.1. The van der Waals surface area contributed by atoms with Crippen LogP contribution >= 0.6 is 15.6 Å². The fourth-order valence-electron chi connectivity index (χ4n) is 0. The third kappa shape index (κ3) is 337. The molecule has 0 aliphatic heterocycles. The zero-order valence-corrected chi connectivity index (χ0v) is 11.9. The number of hydrogen-bond acceptors (Lipinski definition) is 8. The minimum absolute atomic E-state index is 0. The molecular formula is HNaO8P2Zr-2. The van der Waals surface area contributed by atoms with Gasteiger partial charge in [-0.15, -0.1) is 0 Å². The van der Waals surface area contributed by atoms with E-state index in [1.807, 2.05) is 0 Å². The van der Waals surface area contributed by atoms with Gasteiger partial charge in [-0.3, -0.25) is 0 Å². The Labute approximate surface area is 110 Å². The van der Waals surface area contributed by atoms with Crippen molar-refractivity contribution in [1.29, 1.82) is 0 Å². The minimum Gasteiger partial charge on any atom is -0.822 e. The van der Waals surface area contributed by atoms with Crippen LogP contribution in [0.25, 0.3) is 0 Å². The van der Waals surface area contributed by atoms with Crippen LogP contribution in [0.3, 0.4) is 0 Å². The number of rotatable bonds is 0. The Bertz CT molecular complexity index is 134. The molecule has 12 heteroatoms. The molecular weight excluding hydrogens is 304 g/mol. The number of phosphoric acid groups is 2. The second kappa shape index (κ2) is 9.65. The van der Waals surface area contributed by atoms with Crippen LogP contribution in [-0.2, 0) is 35.3 Å². The maximum absolute atomic E-state index is 8.55. The first kappa shape index (κ1) is 23.7. The molecule has 0 unspecified atom stereocenters. The first-order valence-corrected chi connectivity index (χ1v) is 4.38. The topological polar surface area (TPSA) is 172 Å². The van der Waals surface area contributed by atoms with Crippen molar-refractivity contribution in [3.05, 3.63) is 0 Å². The van der Waals surface area contributed by atoms with Gasteiger partial charge in [-0.2, -0.15) is 15.6 Å². The standard InChI is InChI=1S/Na.2H3O4P.Zr/c;2*1-5(2,3)4;/h;2*(H3,1,2,3,4);/q+1;;;+2/p-5. The van der Waals surface area contributed by atoms with Gasteiger partial charge in [0.25, 0.3) is 0 Å². The van der Waals surface area contributed by atoms with Gasteiger partial charge in [-0.05, 0) is 0 Å². The van der Waals surface area contributed by atoms with Crippen LogP contribution in [-0.4, -0.2) is 0 Å². The van der Waals surface area contributed by atoms with Crippen LogP contribution < -0.4 is 58.9 Å². The average Bonchev–Trinajstić information content (AvgIpc) is 1.12. The zero-order chi connectivity index (χ0) is 9.00. The van der Waals surface area contributed by atoms with Gasteiger partial charge >= 0.3 is 57.2 Å². The fraction of sp³-hybridized carbons (Fsp3) is 0. The van der Waals surface area contributed by atoms with E-state index in [9.17, 15) is 0 Å². The summed E-state index contributed by atoms with van der Waals surface area (Å²) in [6, 6.07) is 0. The fourth-order valence-corrected chi connectivity index (χ4v) is 0. The van der Waals surface area contributed by atoms with E-state index >= 15 is 0 Å². The van der Waals surface area contributed by atoms with Gasteiger partial charge < -0.3 is 38.5 Å². The predicted octanol–water partition coefficient (Wildman–Crippen LogP) is -8.54. The normalized spacial score (nSPS) is 9.83. The van der Waals surface area contributed by atoms with E-state index in [4.69, 9.17) is 38.5 Å². The van der Waals surface area contributed by atoms with Crippen LogP contribution in [0, 0.1) is 0 Å². The predicted molar refractivity (Wildman–Crippen MR) is 16.3 cm³/mol. The first-order chi connectivity index (χ1) is 4.00. The van der Waals surface area contributed by atoms with Crippen molar-refractivity contribution in [2.45, 2.75) is 0 Å². The van der Waals surface area contributed by atoms with Crippen molar-refractivity contribution < 1.29 is 95.7 Å². The molecule has 0 N–H and O–H groups in total. The Morgan fingerprint density at radius 1 is 0.750 bits per heavy atom. The quantitative estimate of drug-likeness (QED) is 0.313. The van der Waals surface area contributed by atoms with E-state index in [-0.39, 0.29) is 57.2 Å². The second-order valence-electron chi connectivity index (χ2n) is 0.894. The van der Waals surface area contributed by atoms with Gasteiger partial charge in [0.15, 0.2) is 0 Å². The molecule has 0 fully saturated rings. The summed E-state index contributed by atoms with van der Waals surface area (Å²) in [4.78, 5) is 51.3. The Morgan fingerprint density at radius 3 is 0.750 bits per heavy atom. The molecule has 8 nitrogen and oxygen atoms in total. The molecule has 0 bridgehead atoms. The summed E-state index contributed by atoms with van der Waals surface area (Å²) in [6.45, 7) is 0. The van der Waals surface area contributed by atoms with Crippen molar-refractivity contribution in [1.82, 2.24) is 0 Å². The Balaban J connectivity index is -0.0000000267. The maximum atomic E-state index is 8.55. The van der Waals surface area contributed by atoms with Gasteiger partial charge in [0.2, 0.25) is 0 Å². The monoisotopic (exact) mass is 304 g/mol. The third-order valence-electron chi connectivity index (χ3n) is 0. The van der Waals surface area contributed by atoms with Crippen LogP contribution in [0.5, 0.6) is 0 Å². The van der Waals surface area contributed by atoms with E-state index in [0.717, 1.165) is 0 Å². The molecule has 0 saturated heterocycles. The molecule has 0 radical (unpaired) electrons. The largest absolute Gasteiger partial charge is 2.00 e. The Morgan fingerprint density at radius 2 is 0.750 bits per heavy atom. The summed E-state index contributed by atoms with van der Waals surface area (Å²) < 4.78 is 17.1. The minimum atomic E-state index is -5.39. The van der Waals surface area contributed by atoms with E-state index < -0.39 is 15.6 Å². The molecule has 0 saturated carbocycles. The average molecular weight is 305 g/mol. The summed E-state index contributed by atoms with van der Waals surface area (Å²) in [6.07, 6.45) is 0. The molecule has 0 amide bonds. The molecule has 12 heavy (non-hydrogen) atoms. The summed E-state index contributed by atoms with van der Waals surface area (Å²) in [5.74, 6) is 0. The third-order valence-corrected chi connectivity index (χ3v) is 0. The molecule has 0 aliphatic carbocycles. The molecule has 0 aromatic heterocycles. The maximum Gasteiger partial charge on any atom is 2.00 e. The zero-order valence-electron chi connectivity index (χ0n) is 6.66. The molecule has 66 valence electrons. The molecule has 0 spiro atoms. The summed E-state index contributed by atoms with van der Waals surface area (Å²) in [5.41, 5.74) is 0. The molecule has 0 heterocycles. The van der Waals surface area contributed by atoms with Gasteiger partial charge in [0, 0.05) is 0 Å². The van der Waals surface area contributed by atoms with E-state index in [2.05, 4.69) is 0 Å². The van der Waals surface area contributed by atoms with Gasteiger partial charge in [0.1, 0.15) is 0 Å². The van der Waals surface area contributed by atoms with Crippen molar-refractivity contribution in [2.75, 3.05) is 0 Å².